The number of fused-ring (bicyclic) bond motifs is 2. The zero-order chi connectivity index (χ0) is 11.3. The molecule has 2 aliphatic rings. The molecule has 1 aliphatic carbocycles. The van der Waals surface area contributed by atoms with Gasteiger partial charge in [-0.05, 0) is 12.0 Å². The lowest BCUT2D eigenvalue weighted by atomic mass is 9.95. The van der Waals surface area contributed by atoms with E-state index in [-0.39, 0.29) is 5.91 Å². The maximum absolute atomic E-state index is 12.0. The molecule has 1 spiro atoms. The SMILES string of the molecule is O=C1OC2(CCc3ccccc32)C(=O)N1Br. The van der Waals surface area contributed by atoms with E-state index in [1.54, 1.807) is 0 Å². The Balaban J connectivity index is 2.16. The minimum Gasteiger partial charge on any atom is -0.427 e. The number of imide groups is 1. The first-order valence-electron chi connectivity index (χ1n) is 4.97. The van der Waals surface area contributed by atoms with Crippen LogP contribution in [-0.4, -0.2) is 15.9 Å². The molecule has 1 aliphatic heterocycles. The molecular formula is C11H8BrNO3. The first-order valence-corrected chi connectivity index (χ1v) is 5.68. The third-order valence-electron chi connectivity index (χ3n) is 3.14. The lowest BCUT2D eigenvalue weighted by Gasteiger charge is -2.19. The van der Waals surface area contributed by atoms with Crippen molar-refractivity contribution in [2.24, 2.45) is 0 Å². The van der Waals surface area contributed by atoms with Crippen molar-refractivity contribution >= 4 is 28.1 Å². The fourth-order valence-electron chi connectivity index (χ4n) is 2.38. The third-order valence-corrected chi connectivity index (χ3v) is 3.76. The van der Waals surface area contributed by atoms with Gasteiger partial charge < -0.3 is 4.74 Å². The van der Waals surface area contributed by atoms with Gasteiger partial charge in [-0.2, -0.15) is 3.93 Å². The Labute approximate surface area is 101 Å². The second kappa shape index (κ2) is 3.07. The predicted octanol–water partition coefficient (Wildman–Crippen LogP) is 2.12. The van der Waals surface area contributed by atoms with Gasteiger partial charge in [0, 0.05) is 12.0 Å². The standard InChI is InChI=1S/C11H8BrNO3/c12-13-9(14)11(16-10(13)15)6-5-7-3-1-2-4-8(7)11/h1-4H,5-6H2. The minimum atomic E-state index is -1.09. The van der Waals surface area contributed by atoms with Crippen molar-refractivity contribution in [3.63, 3.8) is 0 Å². The Morgan fingerprint density at radius 1 is 1.31 bits per heavy atom. The van der Waals surface area contributed by atoms with Crippen LogP contribution in [0.25, 0.3) is 0 Å². The molecule has 1 aromatic rings. The first kappa shape index (κ1) is 9.84. The lowest BCUT2D eigenvalue weighted by Crippen LogP contribution is -2.33. The zero-order valence-electron chi connectivity index (χ0n) is 8.27. The van der Waals surface area contributed by atoms with E-state index in [0.29, 0.717) is 6.42 Å². The first-order chi connectivity index (χ1) is 7.65. The van der Waals surface area contributed by atoms with Crippen molar-refractivity contribution in [2.45, 2.75) is 18.4 Å². The third kappa shape index (κ3) is 1.04. The molecule has 0 saturated carbocycles. The summed E-state index contributed by atoms with van der Waals surface area (Å²) in [5.41, 5.74) is 0.804. The van der Waals surface area contributed by atoms with E-state index in [2.05, 4.69) is 16.1 Å². The van der Waals surface area contributed by atoms with Crippen LogP contribution in [0.2, 0.25) is 0 Å². The van der Waals surface area contributed by atoms with Crippen LogP contribution in [0.4, 0.5) is 4.79 Å². The fourth-order valence-corrected chi connectivity index (χ4v) is 2.74. The van der Waals surface area contributed by atoms with Crippen LogP contribution in [0.3, 0.4) is 0 Å². The number of nitrogens with zero attached hydrogens (tertiary/aromatic N) is 1. The molecule has 1 saturated heterocycles. The highest BCUT2D eigenvalue weighted by Crippen LogP contribution is 2.45. The summed E-state index contributed by atoms with van der Waals surface area (Å²) in [5, 5.41) is 0. The molecule has 16 heavy (non-hydrogen) atoms. The van der Waals surface area contributed by atoms with Gasteiger partial charge in [0.25, 0.3) is 5.91 Å². The summed E-state index contributed by atoms with van der Waals surface area (Å²) in [5.74, 6) is -0.331. The number of hydrogen-bond donors (Lipinski definition) is 0. The molecule has 82 valence electrons. The van der Waals surface area contributed by atoms with Gasteiger partial charge in [-0.15, -0.1) is 0 Å². The lowest BCUT2D eigenvalue weighted by molar-refractivity contribution is -0.134. The number of ether oxygens (including phenoxy) is 1. The maximum Gasteiger partial charge on any atom is 0.428 e. The van der Waals surface area contributed by atoms with Gasteiger partial charge in [-0.1, -0.05) is 24.3 Å². The van der Waals surface area contributed by atoms with Gasteiger partial charge in [0.05, 0.1) is 16.1 Å². The van der Waals surface area contributed by atoms with Crippen molar-refractivity contribution in [2.75, 3.05) is 0 Å². The topological polar surface area (TPSA) is 46.6 Å². The van der Waals surface area contributed by atoms with Gasteiger partial charge in [-0.3, -0.25) is 4.79 Å². The van der Waals surface area contributed by atoms with E-state index in [0.717, 1.165) is 21.5 Å². The number of carbonyl (C=O) groups is 2. The summed E-state index contributed by atoms with van der Waals surface area (Å²) in [7, 11) is 0. The number of hydrogen-bond acceptors (Lipinski definition) is 3. The second-order valence-corrected chi connectivity index (χ2v) is 4.65. The number of benzene rings is 1. The van der Waals surface area contributed by atoms with Crippen molar-refractivity contribution < 1.29 is 14.3 Å². The minimum absolute atomic E-state index is 0.331. The monoisotopic (exact) mass is 281 g/mol. The second-order valence-electron chi connectivity index (χ2n) is 3.94. The van der Waals surface area contributed by atoms with Crippen LogP contribution in [0.15, 0.2) is 24.3 Å². The molecule has 5 heteroatoms. The number of amides is 2. The quantitative estimate of drug-likeness (QED) is 0.685. The molecule has 0 radical (unpaired) electrons. The summed E-state index contributed by atoms with van der Waals surface area (Å²) in [6.45, 7) is 0. The van der Waals surface area contributed by atoms with Crippen LogP contribution >= 0.6 is 16.1 Å². The normalized spacial score (nSPS) is 27.4. The van der Waals surface area contributed by atoms with Crippen LogP contribution in [0.1, 0.15) is 17.5 Å². The van der Waals surface area contributed by atoms with Crippen LogP contribution in [-0.2, 0) is 21.6 Å². The molecule has 4 nitrogen and oxygen atoms in total. The zero-order valence-corrected chi connectivity index (χ0v) is 9.86. The predicted molar refractivity (Wildman–Crippen MR) is 58.7 cm³/mol. The van der Waals surface area contributed by atoms with E-state index < -0.39 is 11.7 Å². The Morgan fingerprint density at radius 2 is 2.06 bits per heavy atom. The van der Waals surface area contributed by atoms with Gasteiger partial charge in [0.15, 0.2) is 0 Å². The molecule has 1 heterocycles. The largest absolute Gasteiger partial charge is 0.428 e. The molecule has 0 bridgehead atoms. The number of rotatable bonds is 0. The van der Waals surface area contributed by atoms with Crippen molar-refractivity contribution in [1.29, 1.82) is 0 Å². The molecule has 1 aromatic carbocycles. The average molecular weight is 282 g/mol. The van der Waals surface area contributed by atoms with Crippen molar-refractivity contribution in [1.82, 2.24) is 3.93 Å². The summed E-state index contributed by atoms with van der Waals surface area (Å²) >= 11 is 2.92. The van der Waals surface area contributed by atoms with Gasteiger partial charge in [0.1, 0.15) is 0 Å². The summed E-state index contributed by atoms with van der Waals surface area (Å²) in [6, 6.07) is 7.58. The molecular weight excluding hydrogens is 274 g/mol. The smallest absolute Gasteiger partial charge is 0.427 e. The van der Waals surface area contributed by atoms with E-state index in [1.165, 1.54) is 0 Å². The van der Waals surface area contributed by atoms with E-state index in [9.17, 15) is 9.59 Å². The molecule has 1 unspecified atom stereocenters. The molecule has 1 fully saturated rings. The highest BCUT2D eigenvalue weighted by molar-refractivity contribution is 9.08. The molecule has 0 N–H and O–H groups in total. The van der Waals surface area contributed by atoms with Gasteiger partial charge in [0.2, 0.25) is 5.60 Å². The fraction of sp³-hybridized carbons (Fsp3) is 0.273. The maximum atomic E-state index is 12.0. The highest BCUT2D eigenvalue weighted by Gasteiger charge is 2.57. The summed E-state index contributed by atoms with van der Waals surface area (Å²) < 4.78 is 6.12. The highest BCUT2D eigenvalue weighted by atomic mass is 79.9. The molecule has 3 rings (SSSR count). The van der Waals surface area contributed by atoms with E-state index >= 15 is 0 Å². The molecule has 2 amide bonds. The Kier molecular flexibility index (Phi) is 1.89. The Morgan fingerprint density at radius 3 is 2.75 bits per heavy atom. The van der Waals surface area contributed by atoms with Crippen LogP contribution in [0.5, 0.6) is 0 Å². The Bertz CT molecular complexity index is 502. The van der Waals surface area contributed by atoms with Crippen molar-refractivity contribution in [3.8, 4) is 0 Å². The molecule has 1 atom stereocenters. The number of aryl methyl sites for hydroxylation is 1. The molecule has 0 aromatic heterocycles. The number of carbonyl (C=O) groups excluding carboxylic acids is 2. The van der Waals surface area contributed by atoms with Gasteiger partial charge >= 0.3 is 6.09 Å². The average Bonchev–Trinajstić information content (AvgIpc) is 2.77. The van der Waals surface area contributed by atoms with E-state index in [4.69, 9.17) is 4.74 Å². The summed E-state index contributed by atoms with van der Waals surface area (Å²) in [4.78, 5) is 23.4. The van der Waals surface area contributed by atoms with Crippen LogP contribution < -0.4 is 0 Å². The summed E-state index contributed by atoms with van der Waals surface area (Å²) in [6.07, 6.45) is 0.649. The number of halogens is 1. The Hall–Kier alpha value is -1.36. The van der Waals surface area contributed by atoms with Crippen molar-refractivity contribution in [3.05, 3.63) is 35.4 Å². The van der Waals surface area contributed by atoms with Gasteiger partial charge in [-0.25, -0.2) is 4.79 Å². The van der Waals surface area contributed by atoms with Crippen LogP contribution in [0, 0.1) is 0 Å². The van der Waals surface area contributed by atoms with E-state index in [1.807, 2.05) is 24.3 Å².